The minimum Gasteiger partial charge on any atom is -0.427 e. The van der Waals surface area contributed by atoms with E-state index in [1.165, 1.54) is 6.08 Å². The number of ether oxygens (including phenoxy) is 1. The monoisotopic (exact) mass is 355 g/mol. The van der Waals surface area contributed by atoms with Crippen LogP contribution in [0, 0.1) is 0 Å². The van der Waals surface area contributed by atoms with Crippen molar-refractivity contribution in [2.24, 2.45) is 4.99 Å². The van der Waals surface area contributed by atoms with Crippen LogP contribution in [-0.4, -0.2) is 11.8 Å². The second-order valence-corrected chi connectivity index (χ2v) is 6.10. The number of hydrogen-bond donors (Lipinski definition) is 0. The summed E-state index contributed by atoms with van der Waals surface area (Å²) in [6.45, 7) is 0. The van der Waals surface area contributed by atoms with Crippen LogP contribution in [0.1, 0.15) is 5.56 Å². The Balaban J connectivity index is 1.73. The van der Waals surface area contributed by atoms with E-state index in [1.54, 1.807) is 30.3 Å². The van der Waals surface area contributed by atoms with Gasteiger partial charge in [-0.25, -0.2) is 4.99 Å². The van der Waals surface area contributed by atoms with Gasteiger partial charge in [0.15, 0.2) is 5.71 Å². The predicted molar refractivity (Wildman–Crippen MR) is 96.5 cm³/mol. The lowest BCUT2D eigenvalue weighted by Gasteiger charge is -2.12. The topological polar surface area (TPSA) is 21.6 Å². The molecule has 0 aromatic heterocycles. The number of halogens is 3. The molecule has 3 aromatic rings. The van der Waals surface area contributed by atoms with Gasteiger partial charge < -0.3 is 4.74 Å². The maximum atomic E-state index is 14.2. The summed E-state index contributed by atoms with van der Waals surface area (Å²) < 4.78 is 33.2. The third-order valence-corrected chi connectivity index (χ3v) is 4.17. The summed E-state index contributed by atoms with van der Waals surface area (Å²) in [4.78, 5) is 4.00. The molecule has 2 nitrogen and oxygen atoms in total. The fraction of sp³-hybridized carbons (Fsp3) is 0.0500. The minimum atomic E-state index is -3.47. The summed E-state index contributed by atoms with van der Waals surface area (Å²) in [6, 6.07) is 19.5. The van der Waals surface area contributed by atoms with Crippen LogP contribution < -0.4 is 0 Å². The van der Waals surface area contributed by atoms with Crippen molar-refractivity contribution in [3.63, 3.8) is 0 Å². The van der Waals surface area contributed by atoms with E-state index < -0.39 is 11.8 Å². The molecule has 0 aliphatic carbocycles. The second-order valence-electron chi connectivity index (χ2n) is 5.66. The number of fused-ring (bicyclic) bond motifs is 1. The Morgan fingerprint density at radius 1 is 0.880 bits per heavy atom. The van der Waals surface area contributed by atoms with Crippen molar-refractivity contribution in [3.8, 4) is 0 Å². The lowest BCUT2D eigenvalue weighted by molar-refractivity contribution is -0.125. The van der Waals surface area contributed by atoms with E-state index in [2.05, 4.69) is 4.99 Å². The van der Waals surface area contributed by atoms with E-state index in [0.717, 1.165) is 10.8 Å². The summed E-state index contributed by atoms with van der Waals surface area (Å²) in [6.07, 6.45) is -2.20. The third kappa shape index (κ3) is 3.13. The van der Waals surface area contributed by atoms with Gasteiger partial charge in [0.25, 0.3) is 0 Å². The van der Waals surface area contributed by atoms with Gasteiger partial charge >= 0.3 is 6.11 Å². The lowest BCUT2D eigenvalue weighted by Crippen LogP contribution is -2.24. The molecular formula is C20H12ClF2NO. The van der Waals surface area contributed by atoms with Crippen molar-refractivity contribution in [2.45, 2.75) is 6.11 Å². The normalized spacial score (nSPS) is 17.6. The van der Waals surface area contributed by atoms with Gasteiger partial charge in [-0.1, -0.05) is 48.0 Å². The fourth-order valence-electron chi connectivity index (χ4n) is 2.66. The molecular weight excluding hydrogens is 344 g/mol. The Kier molecular flexibility index (Phi) is 3.77. The standard InChI is InChI=1S/C20H12ClF2NO/c21-16-7-9-17(10-8-16)24-19-12-18(25-20(19,22)23)15-6-5-13-3-1-2-4-14(13)11-15/h1-12H. The van der Waals surface area contributed by atoms with Gasteiger partial charge in [-0.3, -0.25) is 0 Å². The first-order valence-electron chi connectivity index (χ1n) is 7.64. The molecule has 1 heterocycles. The molecule has 0 fully saturated rings. The zero-order valence-electron chi connectivity index (χ0n) is 12.9. The van der Waals surface area contributed by atoms with Crippen LogP contribution in [0.3, 0.4) is 0 Å². The molecule has 0 radical (unpaired) electrons. The molecule has 1 aliphatic heterocycles. The Hall–Kier alpha value is -2.72. The van der Waals surface area contributed by atoms with Crippen molar-refractivity contribution >= 4 is 39.5 Å². The highest BCUT2D eigenvalue weighted by molar-refractivity contribution is 6.30. The molecule has 0 saturated heterocycles. The minimum absolute atomic E-state index is 0.100. The molecule has 0 unspecified atom stereocenters. The number of nitrogens with zero attached hydrogens (tertiary/aromatic N) is 1. The van der Waals surface area contributed by atoms with E-state index in [-0.39, 0.29) is 5.76 Å². The number of benzene rings is 3. The van der Waals surface area contributed by atoms with Crippen LogP contribution >= 0.6 is 11.6 Å². The highest BCUT2D eigenvalue weighted by Crippen LogP contribution is 2.36. The quantitative estimate of drug-likeness (QED) is 0.534. The molecule has 3 aromatic carbocycles. The average Bonchev–Trinajstić information content (AvgIpc) is 2.91. The van der Waals surface area contributed by atoms with Gasteiger partial charge in [-0.15, -0.1) is 0 Å². The highest BCUT2D eigenvalue weighted by atomic mass is 35.5. The average molecular weight is 356 g/mol. The molecule has 124 valence electrons. The van der Waals surface area contributed by atoms with Crippen molar-refractivity contribution in [1.29, 1.82) is 0 Å². The number of rotatable bonds is 2. The van der Waals surface area contributed by atoms with E-state index in [4.69, 9.17) is 16.3 Å². The molecule has 0 bridgehead atoms. The molecule has 4 rings (SSSR count). The molecule has 0 amide bonds. The maximum absolute atomic E-state index is 14.2. The first-order chi connectivity index (χ1) is 12.0. The Morgan fingerprint density at radius 3 is 2.36 bits per heavy atom. The molecule has 25 heavy (non-hydrogen) atoms. The first-order valence-corrected chi connectivity index (χ1v) is 8.01. The summed E-state index contributed by atoms with van der Waals surface area (Å²) in [5.41, 5.74) is 0.538. The molecule has 0 N–H and O–H groups in total. The van der Waals surface area contributed by atoms with Gasteiger partial charge in [-0.2, -0.15) is 8.78 Å². The maximum Gasteiger partial charge on any atom is 0.444 e. The zero-order chi connectivity index (χ0) is 17.4. The fourth-order valence-corrected chi connectivity index (χ4v) is 2.79. The Morgan fingerprint density at radius 2 is 1.60 bits per heavy atom. The largest absolute Gasteiger partial charge is 0.444 e. The van der Waals surface area contributed by atoms with Gasteiger partial charge in [0.2, 0.25) is 0 Å². The Bertz CT molecular complexity index is 1010. The molecule has 0 spiro atoms. The smallest absolute Gasteiger partial charge is 0.427 e. The summed E-state index contributed by atoms with van der Waals surface area (Å²) >= 11 is 5.80. The van der Waals surface area contributed by atoms with Crippen LogP contribution in [0.2, 0.25) is 5.02 Å². The predicted octanol–water partition coefficient (Wildman–Crippen LogP) is 6.23. The van der Waals surface area contributed by atoms with E-state index in [0.29, 0.717) is 16.3 Å². The van der Waals surface area contributed by atoms with Crippen LogP contribution in [-0.2, 0) is 4.74 Å². The van der Waals surface area contributed by atoms with Crippen molar-refractivity contribution in [2.75, 3.05) is 0 Å². The SMILES string of the molecule is FC1(F)OC(c2ccc3ccccc3c2)=CC1=Nc1ccc(Cl)cc1. The van der Waals surface area contributed by atoms with E-state index >= 15 is 0 Å². The van der Waals surface area contributed by atoms with Crippen molar-refractivity contribution < 1.29 is 13.5 Å². The van der Waals surface area contributed by atoms with Gasteiger partial charge in [-0.05, 0) is 41.1 Å². The first kappa shape index (κ1) is 15.8. The Labute approximate surface area is 148 Å². The van der Waals surface area contributed by atoms with Crippen LogP contribution in [0.5, 0.6) is 0 Å². The summed E-state index contributed by atoms with van der Waals surface area (Å²) in [5, 5.41) is 2.51. The molecule has 0 saturated carbocycles. The van der Waals surface area contributed by atoms with Gasteiger partial charge in [0.05, 0.1) is 5.69 Å². The van der Waals surface area contributed by atoms with E-state index in [1.807, 2.05) is 36.4 Å². The second kappa shape index (κ2) is 5.97. The van der Waals surface area contributed by atoms with Gasteiger partial charge in [0.1, 0.15) is 5.76 Å². The molecule has 5 heteroatoms. The third-order valence-electron chi connectivity index (χ3n) is 3.91. The van der Waals surface area contributed by atoms with Crippen LogP contribution in [0.15, 0.2) is 77.8 Å². The highest BCUT2D eigenvalue weighted by Gasteiger charge is 2.44. The number of hydrogen-bond acceptors (Lipinski definition) is 2. The number of aliphatic imine (C=N–C) groups is 1. The van der Waals surface area contributed by atoms with Gasteiger partial charge in [0, 0.05) is 16.7 Å². The summed E-state index contributed by atoms with van der Waals surface area (Å²) in [7, 11) is 0. The lowest BCUT2D eigenvalue weighted by atomic mass is 10.1. The van der Waals surface area contributed by atoms with Crippen molar-refractivity contribution in [1.82, 2.24) is 0 Å². The molecule has 0 atom stereocenters. The zero-order valence-corrected chi connectivity index (χ0v) is 13.7. The van der Waals surface area contributed by atoms with Crippen LogP contribution in [0.4, 0.5) is 14.5 Å². The van der Waals surface area contributed by atoms with Crippen LogP contribution in [0.25, 0.3) is 16.5 Å². The van der Waals surface area contributed by atoms with E-state index in [9.17, 15) is 8.78 Å². The molecule has 1 aliphatic rings. The van der Waals surface area contributed by atoms with Crippen molar-refractivity contribution in [3.05, 3.63) is 83.4 Å². The summed E-state index contributed by atoms with van der Waals surface area (Å²) in [5.74, 6) is 0.100. The number of alkyl halides is 2.